The highest BCUT2D eigenvalue weighted by atomic mass is 79.9. The Bertz CT molecular complexity index is 574. The molecule has 2 aromatic rings. The molecule has 0 unspecified atom stereocenters. The quantitative estimate of drug-likeness (QED) is 0.818. The lowest BCUT2D eigenvalue weighted by atomic mass is 10.3. The second kappa shape index (κ2) is 4.81. The molecule has 0 spiro atoms. The van der Waals surface area contributed by atoms with Crippen molar-refractivity contribution in [2.75, 3.05) is 0 Å². The number of nitrogens with zero attached hydrogens (tertiary/aromatic N) is 2. The molecule has 0 saturated heterocycles. The summed E-state index contributed by atoms with van der Waals surface area (Å²) in [5, 5.41) is 7.00. The van der Waals surface area contributed by atoms with Crippen LogP contribution in [0, 0.1) is 4.77 Å². The summed E-state index contributed by atoms with van der Waals surface area (Å²) >= 11 is 12.2. The van der Waals surface area contributed by atoms with Gasteiger partial charge in [0.15, 0.2) is 4.77 Å². The van der Waals surface area contributed by atoms with E-state index in [9.17, 15) is 0 Å². The molecule has 0 bridgehead atoms. The van der Waals surface area contributed by atoms with Crippen LogP contribution in [-0.4, -0.2) is 14.8 Å². The van der Waals surface area contributed by atoms with Crippen molar-refractivity contribution in [2.45, 2.75) is 13.3 Å². The van der Waals surface area contributed by atoms with E-state index in [1.807, 2.05) is 29.7 Å². The van der Waals surface area contributed by atoms with E-state index < -0.39 is 0 Å². The number of aryl methyl sites for hydroxylation is 1. The molecule has 0 atom stereocenters. The van der Waals surface area contributed by atoms with Gasteiger partial charge in [0.25, 0.3) is 0 Å². The van der Waals surface area contributed by atoms with E-state index in [1.165, 1.54) is 0 Å². The monoisotopic (exact) mass is 361 g/mol. The van der Waals surface area contributed by atoms with Crippen LogP contribution in [-0.2, 0) is 6.42 Å². The van der Waals surface area contributed by atoms with Gasteiger partial charge in [-0.1, -0.05) is 22.9 Å². The van der Waals surface area contributed by atoms with Crippen molar-refractivity contribution in [2.24, 2.45) is 0 Å². The second-order valence-corrected chi connectivity index (χ2v) is 5.39. The van der Waals surface area contributed by atoms with Gasteiger partial charge in [-0.05, 0) is 46.3 Å². The summed E-state index contributed by atoms with van der Waals surface area (Å²) in [7, 11) is 0. The van der Waals surface area contributed by atoms with Gasteiger partial charge >= 0.3 is 0 Å². The molecule has 0 amide bonds. The van der Waals surface area contributed by atoms with Crippen LogP contribution in [0.5, 0.6) is 0 Å². The van der Waals surface area contributed by atoms with Crippen LogP contribution in [0.2, 0.25) is 0 Å². The summed E-state index contributed by atoms with van der Waals surface area (Å²) < 4.78 is 4.54. The fraction of sp³-hybridized carbons (Fsp3) is 0.200. The minimum Gasteiger partial charge on any atom is -0.271 e. The number of benzene rings is 1. The highest BCUT2D eigenvalue weighted by Gasteiger charge is 2.09. The van der Waals surface area contributed by atoms with Gasteiger partial charge in [-0.2, -0.15) is 5.10 Å². The summed E-state index contributed by atoms with van der Waals surface area (Å²) in [4.78, 5) is 0. The van der Waals surface area contributed by atoms with E-state index in [0.717, 1.165) is 26.9 Å². The van der Waals surface area contributed by atoms with Crippen molar-refractivity contribution < 1.29 is 0 Å². The average molecular weight is 363 g/mol. The fourth-order valence-electron chi connectivity index (χ4n) is 1.47. The number of halogens is 2. The molecule has 6 heteroatoms. The van der Waals surface area contributed by atoms with Crippen LogP contribution in [0.1, 0.15) is 12.7 Å². The third-order valence-electron chi connectivity index (χ3n) is 2.21. The van der Waals surface area contributed by atoms with E-state index in [1.54, 1.807) is 0 Å². The Morgan fingerprint density at radius 2 is 2.19 bits per heavy atom. The number of H-pyrrole nitrogens is 1. The SMILES string of the molecule is CCc1n[nH]c(=S)n1-c1cc(Br)ccc1Br. The first-order valence-corrected chi connectivity index (χ1v) is 6.74. The molecule has 2 rings (SSSR count). The second-order valence-electron chi connectivity index (χ2n) is 3.23. The van der Waals surface area contributed by atoms with Gasteiger partial charge in [-0.25, -0.2) is 0 Å². The number of hydrogen-bond donors (Lipinski definition) is 1. The van der Waals surface area contributed by atoms with Gasteiger partial charge in [0.1, 0.15) is 5.82 Å². The summed E-state index contributed by atoms with van der Waals surface area (Å²) in [6.45, 7) is 2.05. The molecule has 0 fully saturated rings. The Kier molecular flexibility index (Phi) is 3.61. The molecule has 1 aromatic carbocycles. The molecular formula is C10H9Br2N3S. The van der Waals surface area contributed by atoms with Crippen molar-refractivity contribution in [3.8, 4) is 5.69 Å². The van der Waals surface area contributed by atoms with Crippen molar-refractivity contribution in [1.82, 2.24) is 14.8 Å². The first-order valence-electron chi connectivity index (χ1n) is 4.75. The van der Waals surface area contributed by atoms with Crippen LogP contribution in [0.15, 0.2) is 27.1 Å². The number of rotatable bonds is 2. The predicted octanol–water partition coefficient (Wildman–Crippen LogP) is 4.02. The number of aromatic nitrogens is 3. The first kappa shape index (κ1) is 12.0. The Morgan fingerprint density at radius 3 is 2.88 bits per heavy atom. The third kappa shape index (κ3) is 2.14. The minimum absolute atomic E-state index is 0.607. The van der Waals surface area contributed by atoms with E-state index in [4.69, 9.17) is 12.2 Å². The van der Waals surface area contributed by atoms with Crippen LogP contribution in [0.25, 0.3) is 5.69 Å². The van der Waals surface area contributed by atoms with Crippen LogP contribution >= 0.6 is 44.1 Å². The van der Waals surface area contributed by atoms with Crippen molar-refractivity contribution in [1.29, 1.82) is 0 Å². The lowest BCUT2D eigenvalue weighted by Gasteiger charge is -2.08. The molecule has 0 saturated carbocycles. The normalized spacial score (nSPS) is 10.7. The fourth-order valence-corrected chi connectivity index (χ4v) is 2.49. The van der Waals surface area contributed by atoms with Gasteiger partial charge in [0, 0.05) is 15.4 Å². The van der Waals surface area contributed by atoms with E-state index in [-0.39, 0.29) is 0 Å². The zero-order valence-corrected chi connectivity index (χ0v) is 12.5. The van der Waals surface area contributed by atoms with E-state index >= 15 is 0 Å². The molecule has 16 heavy (non-hydrogen) atoms. The maximum Gasteiger partial charge on any atom is 0.199 e. The summed E-state index contributed by atoms with van der Waals surface area (Å²) in [6.07, 6.45) is 0.825. The number of aromatic amines is 1. The molecule has 0 aliphatic carbocycles. The molecule has 0 radical (unpaired) electrons. The maximum absolute atomic E-state index is 5.23. The highest BCUT2D eigenvalue weighted by molar-refractivity contribution is 9.11. The van der Waals surface area contributed by atoms with E-state index in [0.29, 0.717) is 4.77 Å². The Morgan fingerprint density at radius 1 is 1.44 bits per heavy atom. The molecule has 1 N–H and O–H groups in total. The highest BCUT2D eigenvalue weighted by Crippen LogP contribution is 2.26. The van der Waals surface area contributed by atoms with Gasteiger partial charge in [-0.15, -0.1) is 0 Å². The van der Waals surface area contributed by atoms with Crippen molar-refractivity contribution >= 4 is 44.1 Å². The van der Waals surface area contributed by atoms with Gasteiger partial charge in [0.05, 0.1) is 5.69 Å². The zero-order valence-electron chi connectivity index (χ0n) is 8.50. The topological polar surface area (TPSA) is 33.6 Å². The standard InChI is InChI=1S/C10H9Br2N3S/c1-2-9-13-14-10(16)15(9)8-5-6(11)3-4-7(8)12/h3-5H,2H2,1H3,(H,14,16). The molecule has 0 aliphatic rings. The number of hydrogen-bond acceptors (Lipinski definition) is 2. The zero-order chi connectivity index (χ0) is 11.7. The Balaban J connectivity index is 2.71. The summed E-state index contributed by atoms with van der Waals surface area (Å²) in [5.74, 6) is 0.920. The van der Waals surface area contributed by atoms with Gasteiger partial charge < -0.3 is 0 Å². The maximum atomic E-state index is 5.23. The van der Waals surface area contributed by atoms with E-state index in [2.05, 4.69) is 42.1 Å². The Labute approximate surface area is 115 Å². The van der Waals surface area contributed by atoms with Crippen LogP contribution in [0.3, 0.4) is 0 Å². The molecule has 0 aliphatic heterocycles. The van der Waals surface area contributed by atoms with Crippen molar-refractivity contribution in [3.05, 3.63) is 37.7 Å². The van der Waals surface area contributed by atoms with Gasteiger partial charge in [0.2, 0.25) is 0 Å². The molecule has 1 heterocycles. The predicted molar refractivity (Wildman–Crippen MR) is 73.5 cm³/mol. The third-order valence-corrected chi connectivity index (χ3v) is 3.64. The largest absolute Gasteiger partial charge is 0.271 e. The Hall–Kier alpha value is -0.460. The summed E-state index contributed by atoms with van der Waals surface area (Å²) in [6, 6.07) is 5.96. The lowest BCUT2D eigenvalue weighted by Crippen LogP contribution is -2.01. The number of nitrogens with one attached hydrogen (secondary N) is 1. The molecule has 3 nitrogen and oxygen atoms in total. The van der Waals surface area contributed by atoms with Crippen LogP contribution in [0.4, 0.5) is 0 Å². The van der Waals surface area contributed by atoms with Crippen LogP contribution < -0.4 is 0 Å². The first-order chi connectivity index (χ1) is 7.63. The smallest absolute Gasteiger partial charge is 0.199 e. The average Bonchev–Trinajstić information content (AvgIpc) is 2.63. The summed E-state index contributed by atoms with van der Waals surface area (Å²) in [5.41, 5.74) is 0.991. The lowest BCUT2D eigenvalue weighted by molar-refractivity contribution is 0.877. The molecule has 84 valence electrons. The molecule has 1 aromatic heterocycles. The van der Waals surface area contributed by atoms with Crippen molar-refractivity contribution in [3.63, 3.8) is 0 Å². The van der Waals surface area contributed by atoms with Gasteiger partial charge in [-0.3, -0.25) is 9.67 Å². The molecular weight excluding hydrogens is 354 g/mol. The minimum atomic E-state index is 0.607.